The molecular weight excluding hydrogens is 200 g/mol. The van der Waals surface area contributed by atoms with E-state index in [1.807, 2.05) is 12.2 Å². The van der Waals surface area contributed by atoms with E-state index in [-0.39, 0.29) is 11.6 Å². The van der Waals surface area contributed by atoms with Crippen molar-refractivity contribution in [2.24, 2.45) is 0 Å². The van der Waals surface area contributed by atoms with Crippen molar-refractivity contribution < 1.29 is 9.59 Å². The highest BCUT2D eigenvalue weighted by molar-refractivity contribution is 6.09. The van der Waals surface area contributed by atoms with Crippen LogP contribution in [-0.2, 0) is 9.59 Å². The second kappa shape index (κ2) is 3.89. The Morgan fingerprint density at radius 2 is 1.25 bits per heavy atom. The Hall–Kier alpha value is -1.96. The van der Waals surface area contributed by atoms with Crippen LogP contribution in [0.2, 0.25) is 0 Å². The van der Waals surface area contributed by atoms with Crippen molar-refractivity contribution in [3.05, 3.63) is 58.7 Å². The van der Waals surface area contributed by atoms with Crippen LogP contribution in [0.25, 0.3) is 0 Å². The topological polar surface area (TPSA) is 34.1 Å². The third kappa shape index (κ3) is 1.87. The molecular formula is C14H12O2. The van der Waals surface area contributed by atoms with Crippen molar-refractivity contribution in [3.8, 4) is 0 Å². The second-order valence-electron chi connectivity index (χ2n) is 3.96. The summed E-state index contributed by atoms with van der Waals surface area (Å²) < 4.78 is 0. The Morgan fingerprint density at radius 3 is 1.75 bits per heavy atom. The minimum atomic E-state index is -0.00219. The largest absolute Gasteiger partial charge is 0.290 e. The summed E-state index contributed by atoms with van der Waals surface area (Å²) in [6, 6.07) is 0. The zero-order chi connectivity index (χ0) is 11.7. The fraction of sp³-hybridized carbons (Fsp3) is 0.143. The van der Waals surface area contributed by atoms with Crippen LogP contribution in [0.3, 0.4) is 0 Å². The predicted octanol–water partition coefficient (Wildman–Crippen LogP) is 2.45. The Kier molecular flexibility index (Phi) is 2.57. The fourth-order valence-corrected chi connectivity index (χ4v) is 1.76. The third-order valence-corrected chi connectivity index (χ3v) is 2.65. The normalized spacial score (nSPS) is 20.1. The quantitative estimate of drug-likeness (QED) is 0.618. The molecule has 2 nitrogen and oxygen atoms in total. The Morgan fingerprint density at radius 1 is 0.750 bits per heavy atom. The van der Waals surface area contributed by atoms with Crippen molar-refractivity contribution in [2.45, 2.75) is 13.8 Å². The molecule has 0 saturated heterocycles. The molecule has 0 aromatic carbocycles. The van der Waals surface area contributed by atoms with E-state index in [0.29, 0.717) is 0 Å². The van der Waals surface area contributed by atoms with Crippen molar-refractivity contribution >= 4 is 11.6 Å². The number of rotatable bonds is 0. The van der Waals surface area contributed by atoms with E-state index in [2.05, 4.69) is 0 Å². The van der Waals surface area contributed by atoms with Gasteiger partial charge < -0.3 is 0 Å². The summed E-state index contributed by atoms with van der Waals surface area (Å²) in [6.45, 7) is 3.61. The van der Waals surface area contributed by atoms with Crippen LogP contribution in [0.5, 0.6) is 0 Å². The minimum Gasteiger partial charge on any atom is -0.290 e. The van der Waals surface area contributed by atoms with Crippen LogP contribution in [0.1, 0.15) is 13.8 Å². The van der Waals surface area contributed by atoms with Crippen LogP contribution < -0.4 is 0 Å². The average Bonchev–Trinajstić information content (AvgIpc) is 2.26. The number of allylic oxidation sites excluding steroid dienone is 10. The third-order valence-electron chi connectivity index (χ3n) is 2.65. The summed E-state index contributed by atoms with van der Waals surface area (Å²) in [4.78, 5) is 22.5. The second-order valence-corrected chi connectivity index (χ2v) is 3.96. The van der Waals surface area contributed by atoms with E-state index in [9.17, 15) is 9.59 Å². The number of carbonyl (C=O) groups is 2. The smallest absolute Gasteiger partial charge is 0.184 e. The van der Waals surface area contributed by atoms with E-state index >= 15 is 0 Å². The lowest BCUT2D eigenvalue weighted by atomic mass is 9.91. The monoisotopic (exact) mass is 212 g/mol. The molecule has 0 aromatic heterocycles. The molecule has 2 rings (SSSR count). The van der Waals surface area contributed by atoms with Gasteiger partial charge in [0.1, 0.15) is 0 Å². The van der Waals surface area contributed by atoms with Gasteiger partial charge in [-0.3, -0.25) is 9.59 Å². The molecule has 0 N–H and O–H groups in total. The first-order chi connectivity index (χ1) is 7.58. The van der Waals surface area contributed by atoms with E-state index in [4.69, 9.17) is 0 Å². The highest BCUT2D eigenvalue weighted by Crippen LogP contribution is 2.23. The van der Waals surface area contributed by atoms with Gasteiger partial charge in [0, 0.05) is 0 Å². The van der Waals surface area contributed by atoms with Gasteiger partial charge in [-0.25, -0.2) is 0 Å². The predicted molar refractivity (Wildman–Crippen MR) is 62.8 cm³/mol. The van der Waals surface area contributed by atoms with Gasteiger partial charge >= 0.3 is 0 Å². The van der Waals surface area contributed by atoms with Gasteiger partial charge in [-0.1, -0.05) is 12.2 Å². The number of Topliss-reactive ketones (excluding diaryl/α,β-unsaturated/α-hetero) is 1. The number of ketones is 2. The lowest BCUT2D eigenvalue weighted by Gasteiger charge is -2.12. The molecule has 0 amide bonds. The fourth-order valence-electron chi connectivity index (χ4n) is 1.76. The summed E-state index contributed by atoms with van der Waals surface area (Å²) in [5, 5.41) is 0. The summed E-state index contributed by atoms with van der Waals surface area (Å²) in [5.74, 6) is 0.0850. The van der Waals surface area contributed by atoms with Crippen LogP contribution >= 0.6 is 0 Å². The van der Waals surface area contributed by atoms with Gasteiger partial charge in [-0.2, -0.15) is 0 Å². The molecule has 0 aliphatic heterocycles. The molecule has 0 unspecified atom stereocenters. The summed E-state index contributed by atoms with van der Waals surface area (Å²) in [5.41, 5.74) is 3.42. The lowest BCUT2D eigenvalue weighted by Crippen LogP contribution is -2.07. The number of hydrogen-bond donors (Lipinski definition) is 0. The van der Waals surface area contributed by atoms with E-state index < -0.39 is 0 Å². The Balaban J connectivity index is 2.47. The summed E-state index contributed by atoms with van der Waals surface area (Å²) in [7, 11) is 0. The summed E-state index contributed by atoms with van der Waals surface area (Å²) >= 11 is 0. The zero-order valence-corrected chi connectivity index (χ0v) is 9.28. The molecule has 2 heteroatoms. The maximum atomic E-state index is 11.6. The van der Waals surface area contributed by atoms with Crippen LogP contribution in [-0.4, -0.2) is 11.6 Å². The van der Waals surface area contributed by atoms with Gasteiger partial charge in [0.2, 0.25) is 0 Å². The van der Waals surface area contributed by atoms with Gasteiger partial charge in [-0.05, 0) is 60.4 Å². The first-order valence-electron chi connectivity index (χ1n) is 5.13. The number of hydrogen-bond acceptors (Lipinski definition) is 2. The molecule has 0 spiro atoms. The van der Waals surface area contributed by atoms with Crippen LogP contribution in [0.4, 0.5) is 0 Å². The van der Waals surface area contributed by atoms with Gasteiger partial charge in [0.05, 0.1) is 0 Å². The molecule has 0 atom stereocenters. The van der Waals surface area contributed by atoms with E-state index in [1.165, 1.54) is 12.2 Å². The molecule has 0 heterocycles. The molecule has 0 bridgehead atoms. The van der Waals surface area contributed by atoms with Gasteiger partial charge in [0.25, 0.3) is 0 Å². The Bertz CT molecular complexity index is 481. The maximum absolute atomic E-state index is 11.6. The first kappa shape index (κ1) is 10.6. The number of carbonyl (C=O) groups excluding carboxylic acids is 2. The van der Waals surface area contributed by atoms with E-state index in [0.717, 1.165) is 22.3 Å². The lowest BCUT2D eigenvalue weighted by molar-refractivity contribution is -0.112. The highest BCUT2D eigenvalue weighted by atomic mass is 16.1. The molecule has 16 heavy (non-hydrogen) atoms. The first-order valence-corrected chi connectivity index (χ1v) is 5.13. The molecule has 0 saturated carbocycles. The van der Waals surface area contributed by atoms with Crippen molar-refractivity contribution in [3.63, 3.8) is 0 Å². The van der Waals surface area contributed by atoms with Crippen molar-refractivity contribution in [1.82, 2.24) is 0 Å². The standard InChI is InChI=1S/C14H12O2/c1-9-7-12(8-10(2)14(9)16)11-3-5-13(15)6-4-11/h3-8H,1-2H3. The molecule has 0 aromatic rings. The minimum absolute atomic E-state index is 0.00219. The molecule has 80 valence electrons. The zero-order valence-electron chi connectivity index (χ0n) is 9.28. The van der Waals surface area contributed by atoms with Gasteiger partial charge in [-0.15, -0.1) is 0 Å². The van der Waals surface area contributed by atoms with Crippen LogP contribution in [0.15, 0.2) is 58.7 Å². The maximum Gasteiger partial charge on any atom is 0.184 e. The van der Waals surface area contributed by atoms with Gasteiger partial charge in [0.15, 0.2) is 11.6 Å². The molecule has 2 aliphatic rings. The van der Waals surface area contributed by atoms with Crippen LogP contribution in [0, 0.1) is 0 Å². The SMILES string of the molecule is CC1=CC(=C2C=CC(=O)C=C2)C=C(C)C1=O. The summed E-state index contributed by atoms with van der Waals surface area (Å²) in [6.07, 6.45) is 10.3. The van der Waals surface area contributed by atoms with Crippen molar-refractivity contribution in [2.75, 3.05) is 0 Å². The van der Waals surface area contributed by atoms with Crippen molar-refractivity contribution in [1.29, 1.82) is 0 Å². The molecule has 0 fully saturated rings. The highest BCUT2D eigenvalue weighted by Gasteiger charge is 2.14. The van der Waals surface area contributed by atoms with E-state index in [1.54, 1.807) is 26.0 Å². The Labute approximate surface area is 94.3 Å². The average molecular weight is 212 g/mol. The molecule has 2 aliphatic carbocycles. The molecule has 0 radical (unpaired) electrons.